The quantitative estimate of drug-likeness (QED) is 0.493. The first-order valence-electron chi connectivity index (χ1n) is 12.4. The van der Waals surface area contributed by atoms with Crippen molar-refractivity contribution >= 4 is 40.7 Å². The molecule has 38 heavy (non-hydrogen) atoms. The van der Waals surface area contributed by atoms with Crippen molar-refractivity contribution in [1.82, 2.24) is 0 Å². The van der Waals surface area contributed by atoms with Gasteiger partial charge in [-0.05, 0) is 49.8 Å². The summed E-state index contributed by atoms with van der Waals surface area (Å²) >= 11 is 7.12. The number of ketones is 1. The fourth-order valence-electron chi connectivity index (χ4n) is 8.10. The largest absolute Gasteiger partial charge is 0.493 e. The van der Waals surface area contributed by atoms with Crippen LogP contribution in [0.2, 0.25) is 4.34 Å². The Balaban J connectivity index is 1.61. The number of thiophene rings is 1. The smallest absolute Gasteiger partial charge is 0.349 e. The first kappa shape index (κ1) is 27.3. The molecule has 9 atom stereocenters. The molecule has 1 aromatic heterocycles. The van der Waals surface area contributed by atoms with Crippen molar-refractivity contribution < 1.29 is 42.9 Å². The molecule has 3 saturated carbocycles. The van der Waals surface area contributed by atoms with Gasteiger partial charge in [0.25, 0.3) is 0 Å². The average molecular weight is 571 g/mol. The summed E-state index contributed by atoms with van der Waals surface area (Å²) in [5.74, 6) is -5.42. The second-order valence-corrected chi connectivity index (χ2v) is 12.9. The van der Waals surface area contributed by atoms with Crippen LogP contribution in [-0.4, -0.2) is 58.6 Å². The van der Waals surface area contributed by atoms with E-state index in [0.717, 1.165) is 17.4 Å². The fraction of sp³-hybridized carbons (Fsp3) is 0.593. The van der Waals surface area contributed by atoms with Gasteiger partial charge in [-0.3, -0.25) is 4.79 Å². The van der Waals surface area contributed by atoms with Crippen molar-refractivity contribution in [3.8, 4) is 5.75 Å². The number of carbonyl (C=O) groups is 3. The monoisotopic (exact) mass is 570 g/mol. The molecule has 3 fully saturated rings. The van der Waals surface area contributed by atoms with Crippen LogP contribution in [0.25, 0.3) is 0 Å². The summed E-state index contributed by atoms with van der Waals surface area (Å²) in [5.41, 5.74) is -7.61. The van der Waals surface area contributed by atoms with Crippen molar-refractivity contribution in [1.29, 1.82) is 0 Å². The molecule has 4 aliphatic rings. The third-order valence-electron chi connectivity index (χ3n) is 9.87. The van der Waals surface area contributed by atoms with E-state index in [1.54, 1.807) is 13.8 Å². The van der Waals surface area contributed by atoms with E-state index in [0.29, 0.717) is 0 Å². The summed E-state index contributed by atoms with van der Waals surface area (Å²) in [6, 6.07) is 0. The van der Waals surface area contributed by atoms with Crippen LogP contribution in [0.5, 0.6) is 5.75 Å². The van der Waals surface area contributed by atoms with Crippen LogP contribution in [0.3, 0.4) is 0 Å². The Morgan fingerprint density at radius 1 is 1.24 bits per heavy atom. The Labute approximate surface area is 227 Å². The molecule has 0 aliphatic heterocycles. The van der Waals surface area contributed by atoms with Crippen molar-refractivity contribution in [2.24, 2.45) is 28.6 Å². The summed E-state index contributed by atoms with van der Waals surface area (Å²) in [6.45, 7) is 4.66. The van der Waals surface area contributed by atoms with Crippen molar-refractivity contribution in [2.75, 3.05) is 7.11 Å². The molecule has 1 aromatic rings. The van der Waals surface area contributed by atoms with Crippen LogP contribution in [0.1, 0.15) is 50.4 Å². The van der Waals surface area contributed by atoms with Crippen LogP contribution in [0, 0.1) is 28.6 Å². The predicted octanol–water partition coefficient (Wildman–Crippen LogP) is 4.96. The van der Waals surface area contributed by atoms with Gasteiger partial charge in [0, 0.05) is 28.0 Å². The highest BCUT2D eigenvalue weighted by molar-refractivity contribution is 7.15. The van der Waals surface area contributed by atoms with Crippen molar-refractivity contribution in [3.63, 3.8) is 0 Å². The number of rotatable bonds is 4. The summed E-state index contributed by atoms with van der Waals surface area (Å²) in [4.78, 5) is 38.4. The number of hydrogen-bond acceptors (Lipinski definition) is 7. The zero-order valence-electron chi connectivity index (χ0n) is 21.3. The lowest BCUT2D eigenvalue weighted by molar-refractivity contribution is -0.229. The molecule has 7 nitrogen and oxygen atoms in total. The summed E-state index contributed by atoms with van der Waals surface area (Å²) in [7, 11) is 1.32. The minimum atomic E-state index is -2.37. The van der Waals surface area contributed by atoms with E-state index >= 15 is 8.78 Å². The van der Waals surface area contributed by atoms with Gasteiger partial charge < -0.3 is 19.7 Å². The molecular formula is C27H29ClF2O7S. The molecule has 0 radical (unpaired) electrons. The van der Waals surface area contributed by atoms with Crippen molar-refractivity contribution in [3.05, 3.63) is 39.1 Å². The van der Waals surface area contributed by atoms with Gasteiger partial charge in [0.15, 0.2) is 17.2 Å². The molecule has 4 aliphatic carbocycles. The number of ether oxygens (including phenoxy) is 2. The third-order valence-corrected chi connectivity index (χ3v) is 11.1. The Morgan fingerprint density at radius 3 is 2.55 bits per heavy atom. The zero-order chi connectivity index (χ0) is 28.0. The summed E-state index contributed by atoms with van der Waals surface area (Å²) in [6.07, 6.45) is -0.329. The topological polar surface area (TPSA) is 110 Å². The fourth-order valence-corrected chi connectivity index (χ4v) is 9.13. The van der Waals surface area contributed by atoms with Crippen LogP contribution < -0.4 is 4.74 Å². The number of esters is 1. The van der Waals surface area contributed by atoms with Crippen molar-refractivity contribution in [2.45, 2.75) is 63.6 Å². The summed E-state index contributed by atoms with van der Waals surface area (Å²) < 4.78 is 44.2. The second-order valence-electron chi connectivity index (χ2n) is 11.4. The molecule has 0 bridgehead atoms. The number of fused-ring (bicyclic) bond motifs is 5. The van der Waals surface area contributed by atoms with Crippen LogP contribution >= 0.6 is 22.9 Å². The number of allylic oxidation sites excluding steroid dienone is 4. The molecule has 1 heterocycles. The van der Waals surface area contributed by atoms with Gasteiger partial charge in [0.2, 0.25) is 5.60 Å². The zero-order valence-corrected chi connectivity index (χ0v) is 22.9. The predicted molar refractivity (Wildman–Crippen MR) is 135 cm³/mol. The number of carbonyl (C=O) groups excluding carboxylic acids is 2. The van der Waals surface area contributed by atoms with E-state index in [1.165, 1.54) is 31.6 Å². The van der Waals surface area contributed by atoms with Gasteiger partial charge in [-0.15, -0.1) is 11.3 Å². The average Bonchev–Trinajstić information content (AvgIpc) is 3.32. The maximum absolute atomic E-state index is 17.3. The lowest BCUT2D eigenvalue weighted by atomic mass is 9.44. The van der Waals surface area contributed by atoms with Gasteiger partial charge in [0.1, 0.15) is 16.1 Å². The Morgan fingerprint density at radius 2 is 1.92 bits per heavy atom. The van der Waals surface area contributed by atoms with E-state index in [-0.39, 0.29) is 40.5 Å². The second kappa shape index (κ2) is 8.60. The Hall–Kier alpha value is -2.30. The molecule has 0 spiro atoms. The van der Waals surface area contributed by atoms with Crippen LogP contribution in [0.4, 0.5) is 8.78 Å². The normalized spacial score (nSPS) is 43.5. The van der Waals surface area contributed by atoms with Gasteiger partial charge in [-0.25, -0.2) is 18.4 Å². The highest BCUT2D eigenvalue weighted by Crippen LogP contribution is 2.71. The SMILES string of the molecule is COc1c(C(=O)O[C@]2(C(=O)O)[C@H](C)C[C@H]3[C@@H]4C[C@H](F)C5=CC(=O)C=C[C@]5(C)[C@@]4(F)[C@@H](O)C[C@@]32C)csc1Cl. The molecule has 2 N–H and O–H groups in total. The van der Waals surface area contributed by atoms with Gasteiger partial charge in [-0.1, -0.05) is 31.5 Å². The van der Waals surface area contributed by atoms with E-state index in [2.05, 4.69) is 0 Å². The third kappa shape index (κ3) is 3.17. The molecule has 5 rings (SSSR count). The highest BCUT2D eigenvalue weighted by Gasteiger charge is 2.78. The number of hydrogen-bond donors (Lipinski definition) is 2. The number of carboxylic acid groups (broad SMARTS) is 1. The van der Waals surface area contributed by atoms with Crippen LogP contribution in [0.15, 0.2) is 29.2 Å². The summed E-state index contributed by atoms with van der Waals surface area (Å²) in [5, 5.41) is 23.5. The first-order chi connectivity index (χ1) is 17.7. The lowest BCUT2D eigenvalue weighted by Crippen LogP contribution is -2.71. The number of aliphatic hydroxyl groups excluding tert-OH is 1. The van der Waals surface area contributed by atoms with E-state index in [4.69, 9.17) is 21.1 Å². The maximum atomic E-state index is 17.3. The Bertz CT molecular complexity index is 1290. The first-order valence-corrected chi connectivity index (χ1v) is 13.7. The van der Waals surface area contributed by atoms with Gasteiger partial charge in [-0.2, -0.15) is 0 Å². The highest BCUT2D eigenvalue weighted by atomic mass is 35.5. The van der Waals surface area contributed by atoms with E-state index in [9.17, 15) is 24.6 Å². The van der Waals surface area contributed by atoms with Gasteiger partial charge >= 0.3 is 11.9 Å². The van der Waals surface area contributed by atoms with E-state index in [1.807, 2.05) is 0 Å². The van der Waals surface area contributed by atoms with Gasteiger partial charge in [0.05, 0.1) is 13.2 Å². The minimum absolute atomic E-state index is 0.0187. The number of alkyl halides is 2. The number of halogens is 3. The van der Waals surface area contributed by atoms with E-state index < -0.39 is 69.9 Å². The standard InChI is InChI=1S/C27H29ClF2O7S/c1-12-7-15-16-9-18(29)17-8-13(31)5-6-24(17,2)26(16,30)19(32)10-25(15,3)27(12,23(34)35)37-22(33)14-11-38-21(28)20(14)36-4/h5-6,8,11-12,15-16,18-19,32H,7,9-10H2,1-4H3,(H,34,35)/t12-,15+,16+,18+,19+,24+,25+,26+,27+/m1/s1. The number of methoxy groups -OCH3 is 1. The number of carboxylic acids is 1. The molecule has 0 aromatic carbocycles. The number of aliphatic carboxylic acids is 1. The molecule has 11 heteroatoms. The molecule has 0 amide bonds. The minimum Gasteiger partial charge on any atom is -0.493 e. The number of aliphatic hydroxyl groups is 1. The molecule has 206 valence electrons. The lowest BCUT2D eigenvalue weighted by Gasteiger charge is -2.62. The van der Waals surface area contributed by atoms with Crippen LogP contribution in [-0.2, 0) is 14.3 Å². The maximum Gasteiger partial charge on any atom is 0.349 e. The molecule has 0 saturated heterocycles. The molecular weight excluding hydrogens is 542 g/mol. The molecule has 0 unspecified atom stereocenters. The Kier molecular flexibility index (Phi) is 6.17.